The first-order valence-electron chi connectivity index (χ1n) is 8.06. The zero-order valence-corrected chi connectivity index (χ0v) is 16.1. The molecule has 0 unspecified atom stereocenters. The van der Waals surface area contributed by atoms with Crippen molar-refractivity contribution in [1.82, 2.24) is 9.29 Å². The van der Waals surface area contributed by atoms with Gasteiger partial charge < -0.3 is 4.74 Å². The number of hydrogen-bond acceptors (Lipinski definition) is 6. The summed E-state index contributed by atoms with van der Waals surface area (Å²) in [6.07, 6.45) is 3.00. The van der Waals surface area contributed by atoms with E-state index in [2.05, 4.69) is 4.98 Å². The molecule has 1 aromatic carbocycles. The summed E-state index contributed by atoms with van der Waals surface area (Å²) in [7, 11) is -7.26. The molecule has 1 aliphatic heterocycles. The van der Waals surface area contributed by atoms with Gasteiger partial charge >= 0.3 is 0 Å². The fourth-order valence-corrected chi connectivity index (χ4v) is 5.07. The normalized spacial score (nSPS) is 18.8. The second-order valence-electron chi connectivity index (χ2n) is 6.23. The highest BCUT2D eigenvalue weighted by molar-refractivity contribution is 7.91. The third-order valence-electron chi connectivity index (χ3n) is 4.23. The molecule has 0 amide bonds. The Morgan fingerprint density at radius 1 is 1.12 bits per heavy atom. The molecule has 2 aromatic rings. The van der Waals surface area contributed by atoms with E-state index in [1.54, 1.807) is 18.3 Å². The van der Waals surface area contributed by atoms with Gasteiger partial charge in [-0.25, -0.2) is 16.8 Å². The highest BCUT2D eigenvalue weighted by Crippen LogP contribution is 2.26. The second kappa shape index (κ2) is 6.98. The smallest absolute Gasteiger partial charge is 0.243 e. The Morgan fingerprint density at radius 2 is 1.85 bits per heavy atom. The van der Waals surface area contributed by atoms with Crippen LogP contribution in [0.4, 0.5) is 0 Å². The summed E-state index contributed by atoms with van der Waals surface area (Å²) in [5.74, 6) is 0.635. The van der Waals surface area contributed by atoms with E-state index in [1.165, 1.54) is 28.6 Å². The average Bonchev–Trinajstić information content (AvgIpc) is 3.06. The SMILES string of the molecule is Cc1ncccc1O[C@@H]1CCN(S(=O)(=O)c2cccc(S(C)(=O)=O)c2)C1. The number of sulfonamides is 1. The number of aromatic nitrogens is 1. The molecule has 1 aliphatic rings. The van der Waals surface area contributed by atoms with Gasteiger partial charge in [0.1, 0.15) is 11.9 Å². The van der Waals surface area contributed by atoms with E-state index in [-0.39, 0.29) is 22.4 Å². The maximum Gasteiger partial charge on any atom is 0.243 e. The molecule has 0 N–H and O–H groups in total. The van der Waals surface area contributed by atoms with Gasteiger partial charge in [0.25, 0.3) is 0 Å². The van der Waals surface area contributed by atoms with Crippen LogP contribution in [0.25, 0.3) is 0 Å². The fraction of sp³-hybridized carbons (Fsp3) is 0.353. The number of benzene rings is 1. The lowest BCUT2D eigenvalue weighted by Crippen LogP contribution is -2.31. The Balaban J connectivity index is 1.78. The monoisotopic (exact) mass is 396 g/mol. The van der Waals surface area contributed by atoms with Crippen molar-refractivity contribution in [2.75, 3.05) is 19.3 Å². The Labute approximate surface area is 153 Å². The van der Waals surface area contributed by atoms with Crippen LogP contribution in [0.2, 0.25) is 0 Å². The van der Waals surface area contributed by atoms with Gasteiger partial charge in [-0.05, 0) is 43.7 Å². The number of aryl methyl sites for hydroxylation is 1. The summed E-state index contributed by atoms with van der Waals surface area (Å²) in [5, 5.41) is 0. The number of rotatable bonds is 5. The quantitative estimate of drug-likeness (QED) is 0.763. The van der Waals surface area contributed by atoms with Crippen molar-refractivity contribution in [2.45, 2.75) is 29.2 Å². The molecule has 0 aliphatic carbocycles. The first-order valence-corrected chi connectivity index (χ1v) is 11.4. The molecule has 1 atom stereocenters. The third kappa shape index (κ3) is 3.89. The minimum Gasteiger partial charge on any atom is -0.487 e. The lowest BCUT2D eigenvalue weighted by atomic mass is 10.3. The van der Waals surface area contributed by atoms with Gasteiger partial charge in [0, 0.05) is 19.0 Å². The molecule has 140 valence electrons. The van der Waals surface area contributed by atoms with Crippen LogP contribution in [0.3, 0.4) is 0 Å². The largest absolute Gasteiger partial charge is 0.487 e. The van der Waals surface area contributed by atoms with E-state index in [0.29, 0.717) is 18.7 Å². The minimum atomic E-state index is -3.78. The Morgan fingerprint density at radius 3 is 2.54 bits per heavy atom. The predicted octanol–water partition coefficient (Wildman–Crippen LogP) is 1.64. The van der Waals surface area contributed by atoms with Crippen LogP contribution < -0.4 is 4.74 Å². The van der Waals surface area contributed by atoms with Crippen LogP contribution in [0.15, 0.2) is 52.4 Å². The molecule has 1 aromatic heterocycles. The van der Waals surface area contributed by atoms with Crippen molar-refractivity contribution >= 4 is 19.9 Å². The van der Waals surface area contributed by atoms with E-state index in [1.807, 2.05) is 6.92 Å². The summed E-state index contributed by atoms with van der Waals surface area (Å²) in [4.78, 5) is 4.11. The zero-order valence-electron chi connectivity index (χ0n) is 14.5. The van der Waals surface area contributed by atoms with Crippen molar-refractivity contribution in [3.63, 3.8) is 0 Å². The number of pyridine rings is 1. The molecular formula is C17H20N2O5S2. The number of ether oxygens (including phenoxy) is 1. The molecule has 0 saturated carbocycles. The number of hydrogen-bond donors (Lipinski definition) is 0. The Kier molecular flexibility index (Phi) is 5.05. The second-order valence-corrected chi connectivity index (χ2v) is 10.2. The highest BCUT2D eigenvalue weighted by atomic mass is 32.2. The summed E-state index contributed by atoms with van der Waals surface area (Å²) >= 11 is 0. The maximum atomic E-state index is 12.8. The standard InChI is InChI=1S/C17H20N2O5S2/c1-13-17(7-4-9-18-13)24-14-8-10-19(12-14)26(22,23)16-6-3-5-15(11-16)25(2,20)21/h3-7,9,11,14H,8,10,12H2,1-2H3/t14-/m1/s1. The molecule has 26 heavy (non-hydrogen) atoms. The molecule has 2 heterocycles. The van der Waals surface area contributed by atoms with Crippen LogP contribution in [-0.2, 0) is 19.9 Å². The number of nitrogens with zero attached hydrogens (tertiary/aromatic N) is 2. The van der Waals surface area contributed by atoms with Crippen LogP contribution >= 0.6 is 0 Å². The highest BCUT2D eigenvalue weighted by Gasteiger charge is 2.34. The lowest BCUT2D eigenvalue weighted by Gasteiger charge is -2.18. The van der Waals surface area contributed by atoms with E-state index < -0.39 is 19.9 Å². The Bertz CT molecular complexity index is 1020. The van der Waals surface area contributed by atoms with Crippen molar-refractivity contribution < 1.29 is 21.6 Å². The van der Waals surface area contributed by atoms with E-state index in [4.69, 9.17) is 4.74 Å². The summed E-state index contributed by atoms with van der Waals surface area (Å²) in [6, 6.07) is 8.99. The van der Waals surface area contributed by atoms with E-state index >= 15 is 0 Å². The summed E-state index contributed by atoms with van der Waals surface area (Å²) in [6.45, 7) is 2.35. The summed E-state index contributed by atoms with van der Waals surface area (Å²) < 4.78 is 56.3. The molecule has 1 saturated heterocycles. The van der Waals surface area contributed by atoms with Gasteiger partial charge in [-0.2, -0.15) is 4.31 Å². The third-order valence-corrected chi connectivity index (χ3v) is 7.20. The first-order chi connectivity index (χ1) is 12.2. The van der Waals surface area contributed by atoms with Gasteiger partial charge in [0.05, 0.1) is 22.0 Å². The van der Waals surface area contributed by atoms with E-state index in [0.717, 1.165) is 11.9 Å². The van der Waals surface area contributed by atoms with Gasteiger partial charge in [0.2, 0.25) is 10.0 Å². The zero-order chi connectivity index (χ0) is 18.9. The van der Waals surface area contributed by atoms with Gasteiger partial charge in [-0.3, -0.25) is 4.98 Å². The van der Waals surface area contributed by atoms with Gasteiger partial charge in [0.15, 0.2) is 9.84 Å². The van der Waals surface area contributed by atoms with E-state index in [9.17, 15) is 16.8 Å². The fourth-order valence-electron chi connectivity index (χ4n) is 2.80. The molecule has 7 nitrogen and oxygen atoms in total. The van der Waals surface area contributed by atoms with Crippen LogP contribution in [0.5, 0.6) is 5.75 Å². The molecule has 0 radical (unpaired) electrons. The van der Waals surface area contributed by atoms with Crippen molar-refractivity contribution in [3.05, 3.63) is 48.3 Å². The van der Waals surface area contributed by atoms with Gasteiger partial charge in [-0.15, -0.1) is 0 Å². The summed E-state index contributed by atoms with van der Waals surface area (Å²) in [5.41, 5.74) is 0.745. The van der Waals surface area contributed by atoms with Crippen molar-refractivity contribution in [2.24, 2.45) is 0 Å². The van der Waals surface area contributed by atoms with Crippen molar-refractivity contribution in [3.8, 4) is 5.75 Å². The molecule has 3 rings (SSSR count). The van der Waals surface area contributed by atoms with Gasteiger partial charge in [-0.1, -0.05) is 6.07 Å². The first kappa shape index (κ1) is 18.8. The molecular weight excluding hydrogens is 376 g/mol. The topological polar surface area (TPSA) is 93.6 Å². The molecule has 1 fully saturated rings. The molecule has 0 spiro atoms. The van der Waals surface area contributed by atoms with Crippen LogP contribution in [0, 0.1) is 6.92 Å². The average molecular weight is 396 g/mol. The predicted molar refractivity (Wildman–Crippen MR) is 96.3 cm³/mol. The van der Waals surface area contributed by atoms with Crippen molar-refractivity contribution in [1.29, 1.82) is 0 Å². The molecule has 9 heteroatoms. The van der Waals surface area contributed by atoms with Crippen LogP contribution in [-0.4, -0.2) is 51.6 Å². The Hall–Kier alpha value is -1.97. The number of sulfone groups is 1. The molecule has 0 bridgehead atoms. The lowest BCUT2D eigenvalue weighted by molar-refractivity contribution is 0.213. The van der Waals surface area contributed by atoms with Crippen LogP contribution in [0.1, 0.15) is 12.1 Å². The maximum absolute atomic E-state index is 12.8. The minimum absolute atomic E-state index is 0.0171.